The molecule has 1 amide bonds. The van der Waals surface area contributed by atoms with Crippen LogP contribution in [0.25, 0.3) is 0 Å². The molecule has 1 aromatic carbocycles. The smallest absolute Gasteiger partial charge is 0.222 e. The molecule has 1 saturated heterocycles. The van der Waals surface area contributed by atoms with E-state index in [-0.39, 0.29) is 5.91 Å². The van der Waals surface area contributed by atoms with Crippen LogP contribution in [0.3, 0.4) is 0 Å². The summed E-state index contributed by atoms with van der Waals surface area (Å²) in [5.74, 6) is 1.53. The maximum Gasteiger partial charge on any atom is 0.222 e. The van der Waals surface area contributed by atoms with Gasteiger partial charge in [-0.05, 0) is 37.0 Å². The van der Waals surface area contributed by atoms with Gasteiger partial charge in [0.05, 0.1) is 18.2 Å². The number of carbonyl (C=O) groups is 1. The second-order valence-corrected chi connectivity index (χ2v) is 5.54. The third-order valence-corrected chi connectivity index (χ3v) is 3.80. The number of nitriles is 1. The lowest BCUT2D eigenvalue weighted by atomic mass is 10.0. The predicted octanol–water partition coefficient (Wildman–Crippen LogP) is 2.98. The van der Waals surface area contributed by atoms with E-state index in [9.17, 15) is 4.79 Å². The van der Waals surface area contributed by atoms with E-state index in [0.29, 0.717) is 30.3 Å². The fourth-order valence-corrected chi connectivity index (χ4v) is 2.77. The highest BCUT2D eigenvalue weighted by molar-refractivity contribution is 5.78. The Balaban J connectivity index is 1.70. The monoisotopic (exact) mass is 286 g/mol. The lowest BCUT2D eigenvalue weighted by Gasteiger charge is -2.16. The Morgan fingerprint density at radius 2 is 2.33 bits per heavy atom. The van der Waals surface area contributed by atoms with E-state index in [1.165, 1.54) is 0 Å². The Labute approximate surface area is 126 Å². The summed E-state index contributed by atoms with van der Waals surface area (Å²) in [5.41, 5.74) is 0.602. The van der Waals surface area contributed by atoms with Crippen molar-refractivity contribution in [2.24, 2.45) is 5.92 Å². The molecule has 4 nitrogen and oxygen atoms in total. The zero-order valence-electron chi connectivity index (χ0n) is 12.5. The molecule has 1 atom stereocenters. The van der Waals surface area contributed by atoms with Crippen LogP contribution in [0, 0.1) is 17.2 Å². The van der Waals surface area contributed by atoms with Gasteiger partial charge in [-0.25, -0.2) is 0 Å². The van der Waals surface area contributed by atoms with Crippen molar-refractivity contribution in [3.8, 4) is 11.8 Å². The standard InChI is InChI=1S/C17H22N2O2/c1-2-5-15-11-17(20)19(13-15)8-4-9-21-16-7-3-6-14(10-16)12-18/h3,6-7,10,15H,2,4-5,8-9,11,13H2,1H3. The second-order valence-electron chi connectivity index (χ2n) is 5.54. The van der Waals surface area contributed by atoms with Crippen molar-refractivity contribution in [3.05, 3.63) is 29.8 Å². The second kappa shape index (κ2) is 7.68. The van der Waals surface area contributed by atoms with Gasteiger partial charge in [0.15, 0.2) is 0 Å². The fourth-order valence-electron chi connectivity index (χ4n) is 2.77. The first-order valence-electron chi connectivity index (χ1n) is 7.63. The number of carbonyl (C=O) groups excluding carboxylic acids is 1. The molecule has 1 heterocycles. The lowest BCUT2D eigenvalue weighted by molar-refractivity contribution is -0.127. The van der Waals surface area contributed by atoms with Gasteiger partial charge in [-0.1, -0.05) is 19.4 Å². The van der Waals surface area contributed by atoms with Gasteiger partial charge in [0, 0.05) is 19.5 Å². The molecule has 0 aliphatic carbocycles. The molecule has 1 fully saturated rings. The van der Waals surface area contributed by atoms with Crippen LogP contribution in [0.2, 0.25) is 0 Å². The van der Waals surface area contributed by atoms with Crippen LogP contribution in [0.15, 0.2) is 24.3 Å². The molecule has 0 radical (unpaired) electrons. The van der Waals surface area contributed by atoms with Crippen LogP contribution in [-0.2, 0) is 4.79 Å². The summed E-state index contributed by atoms with van der Waals surface area (Å²) in [5, 5.41) is 8.83. The summed E-state index contributed by atoms with van der Waals surface area (Å²) in [7, 11) is 0. The number of likely N-dealkylation sites (tertiary alicyclic amines) is 1. The molecule has 1 aromatic rings. The van der Waals surface area contributed by atoms with Crippen LogP contribution >= 0.6 is 0 Å². The van der Waals surface area contributed by atoms with Gasteiger partial charge >= 0.3 is 0 Å². The zero-order valence-corrected chi connectivity index (χ0v) is 12.5. The number of nitrogens with zero attached hydrogens (tertiary/aromatic N) is 2. The highest BCUT2D eigenvalue weighted by Crippen LogP contribution is 2.22. The molecule has 0 bridgehead atoms. The highest BCUT2D eigenvalue weighted by Gasteiger charge is 2.28. The summed E-state index contributed by atoms with van der Waals surface area (Å²) >= 11 is 0. The van der Waals surface area contributed by atoms with Crippen molar-refractivity contribution in [1.29, 1.82) is 5.26 Å². The molecule has 1 aliphatic heterocycles. The van der Waals surface area contributed by atoms with Crippen LogP contribution in [-0.4, -0.2) is 30.5 Å². The minimum Gasteiger partial charge on any atom is -0.493 e. The van der Waals surface area contributed by atoms with E-state index >= 15 is 0 Å². The molecule has 112 valence electrons. The van der Waals surface area contributed by atoms with Crippen LogP contribution in [0.1, 0.15) is 38.2 Å². The molecule has 21 heavy (non-hydrogen) atoms. The Hall–Kier alpha value is -2.02. The van der Waals surface area contributed by atoms with Gasteiger partial charge in [-0.15, -0.1) is 0 Å². The SMILES string of the molecule is CCCC1CC(=O)N(CCCOc2cccc(C#N)c2)C1. The van der Waals surface area contributed by atoms with Crippen LogP contribution in [0.4, 0.5) is 0 Å². The van der Waals surface area contributed by atoms with Gasteiger partial charge in [-0.3, -0.25) is 4.79 Å². The van der Waals surface area contributed by atoms with E-state index in [1.807, 2.05) is 17.0 Å². The van der Waals surface area contributed by atoms with Crippen molar-refractivity contribution in [3.63, 3.8) is 0 Å². The lowest BCUT2D eigenvalue weighted by Crippen LogP contribution is -2.27. The molecule has 1 unspecified atom stereocenters. The average molecular weight is 286 g/mol. The van der Waals surface area contributed by atoms with Gasteiger partial charge in [0.2, 0.25) is 5.91 Å². The average Bonchev–Trinajstić information content (AvgIpc) is 2.84. The quantitative estimate of drug-likeness (QED) is 0.724. The van der Waals surface area contributed by atoms with Gasteiger partial charge in [0.1, 0.15) is 5.75 Å². The fraction of sp³-hybridized carbons (Fsp3) is 0.529. The molecular weight excluding hydrogens is 264 g/mol. The van der Waals surface area contributed by atoms with Crippen LogP contribution in [0.5, 0.6) is 5.75 Å². The molecule has 4 heteroatoms. The maximum atomic E-state index is 11.9. The summed E-state index contributed by atoms with van der Waals surface area (Å²) < 4.78 is 5.63. The minimum atomic E-state index is 0.278. The van der Waals surface area contributed by atoms with E-state index < -0.39 is 0 Å². The maximum absolute atomic E-state index is 11.9. The van der Waals surface area contributed by atoms with Crippen molar-refractivity contribution in [2.75, 3.05) is 19.7 Å². The van der Waals surface area contributed by atoms with Gasteiger partial charge < -0.3 is 9.64 Å². The molecule has 0 spiro atoms. The van der Waals surface area contributed by atoms with E-state index in [2.05, 4.69) is 13.0 Å². The van der Waals surface area contributed by atoms with E-state index in [0.717, 1.165) is 32.4 Å². The molecule has 1 aliphatic rings. The van der Waals surface area contributed by atoms with Gasteiger partial charge in [-0.2, -0.15) is 5.26 Å². The third-order valence-electron chi connectivity index (χ3n) is 3.80. The minimum absolute atomic E-state index is 0.278. The molecule has 0 aromatic heterocycles. The van der Waals surface area contributed by atoms with Crippen molar-refractivity contribution >= 4 is 5.91 Å². The first-order chi connectivity index (χ1) is 10.2. The molecule has 0 saturated carbocycles. The summed E-state index contributed by atoms with van der Waals surface area (Å²) in [6, 6.07) is 9.24. The zero-order chi connectivity index (χ0) is 15.1. The topological polar surface area (TPSA) is 53.3 Å². The summed E-state index contributed by atoms with van der Waals surface area (Å²) in [4.78, 5) is 13.8. The predicted molar refractivity (Wildman–Crippen MR) is 80.9 cm³/mol. The highest BCUT2D eigenvalue weighted by atomic mass is 16.5. The summed E-state index contributed by atoms with van der Waals surface area (Å²) in [6.45, 7) is 4.39. The molecule has 2 rings (SSSR count). The molecule has 0 N–H and O–H groups in total. The first-order valence-corrected chi connectivity index (χ1v) is 7.63. The Kier molecular flexibility index (Phi) is 5.62. The van der Waals surface area contributed by atoms with E-state index in [1.54, 1.807) is 12.1 Å². The van der Waals surface area contributed by atoms with Crippen molar-refractivity contribution in [2.45, 2.75) is 32.6 Å². The number of rotatable bonds is 7. The van der Waals surface area contributed by atoms with Gasteiger partial charge in [0.25, 0.3) is 0 Å². The van der Waals surface area contributed by atoms with Crippen molar-refractivity contribution < 1.29 is 9.53 Å². The first kappa shape index (κ1) is 15.4. The summed E-state index contributed by atoms with van der Waals surface area (Å²) in [6.07, 6.45) is 3.81. The Morgan fingerprint density at radius 3 is 3.10 bits per heavy atom. The van der Waals surface area contributed by atoms with Crippen LogP contribution < -0.4 is 4.74 Å². The number of ether oxygens (including phenoxy) is 1. The normalized spacial score (nSPS) is 17.8. The number of benzene rings is 1. The number of hydrogen-bond donors (Lipinski definition) is 0. The largest absolute Gasteiger partial charge is 0.493 e. The Bertz CT molecular complexity index is 522. The van der Waals surface area contributed by atoms with Crippen molar-refractivity contribution in [1.82, 2.24) is 4.90 Å². The number of amides is 1. The number of hydrogen-bond acceptors (Lipinski definition) is 3. The third kappa shape index (κ3) is 4.49. The van der Waals surface area contributed by atoms with E-state index in [4.69, 9.17) is 10.00 Å². The molecular formula is C17H22N2O2. The Morgan fingerprint density at radius 1 is 1.48 bits per heavy atom.